The maximum absolute atomic E-state index is 12.6. The first-order valence-corrected chi connectivity index (χ1v) is 9.12. The first kappa shape index (κ1) is 17.0. The van der Waals surface area contributed by atoms with Gasteiger partial charge in [0.2, 0.25) is 0 Å². The number of thiazole rings is 1. The minimum absolute atomic E-state index is 0.195. The molecule has 0 aliphatic rings. The molecule has 0 unspecified atom stereocenters. The van der Waals surface area contributed by atoms with E-state index in [0.29, 0.717) is 18.1 Å². The standard InChI is InChI=1S/C19H17N5O2S/c1-26-14-6-2-4-12(8-14)15-10-24-16(11-27-19(24)23-15)18(25)22-9-13-5-3-7-21-17(13)20/h2-8,10-11H,9H2,1H3,(H2,20,21)(H,22,25). The van der Waals surface area contributed by atoms with Crippen molar-refractivity contribution in [1.82, 2.24) is 19.7 Å². The lowest BCUT2D eigenvalue weighted by Crippen LogP contribution is -2.24. The van der Waals surface area contributed by atoms with E-state index in [9.17, 15) is 4.79 Å². The Bertz CT molecular complexity index is 1120. The lowest BCUT2D eigenvalue weighted by atomic mass is 10.1. The van der Waals surface area contributed by atoms with Crippen LogP contribution in [0.3, 0.4) is 0 Å². The van der Waals surface area contributed by atoms with Crippen LogP contribution in [-0.2, 0) is 6.54 Å². The van der Waals surface area contributed by atoms with Gasteiger partial charge < -0.3 is 15.8 Å². The molecule has 0 radical (unpaired) electrons. The van der Waals surface area contributed by atoms with Crippen molar-refractivity contribution in [3.05, 3.63) is 65.4 Å². The number of nitrogens with one attached hydrogen (secondary N) is 1. The molecule has 3 aromatic heterocycles. The van der Waals surface area contributed by atoms with E-state index in [4.69, 9.17) is 10.5 Å². The second kappa shape index (κ2) is 7.08. The molecule has 1 amide bonds. The fourth-order valence-corrected chi connectivity index (χ4v) is 3.59. The number of nitrogens with two attached hydrogens (primary N) is 1. The van der Waals surface area contributed by atoms with Crippen LogP contribution < -0.4 is 15.8 Å². The number of aromatic nitrogens is 3. The summed E-state index contributed by atoms with van der Waals surface area (Å²) in [6.45, 7) is 0.313. The van der Waals surface area contributed by atoms with Crippen LogP contribution in [0.4, 0.5) is 5.82 Å². The Morgan fingerprint density at radius 2 is 2.22 bits per heavy atom. The topological polar surface area (TPSA) is 94.5 Å². The number of benzene rings is 1. The van der Waals surface area contributed by atoms with Crippen molar-refractivity contribution >= 4 is 28.0 Å². The van der Waals surface area contributed by atoms with Crippen molar-refractivity contribution in [2.75, 3.05) is 12.8 Å². The molecule has 0 saturated heterocycles. The van der Waals surface area contributed by atoms with Crippen molar-refractivity contribution in [3.63, 3.8) is 0 Å². The zero-order valence-electron chi connectivity index (χ0n) is 14.5. The number of carbonyl (C=O) groups is 1. The molecule has 0 bridgehead atoms. The number of methoxy groups -OCH3 is 1. The zero-order valence-corrected chi connectivity index (χ0v) is 15.4. The van der Waals surface area contributed by atoms with Gasteiger partial charge in [-0.3, -0.25) is 9.20 Å². The number of rotatable bonds is 5. The lowest BCUT2D eigenvalue weighted by molar-refractivity contribution is 0.0945. The van der Waals surface area contributed by atoms with Gasteiger partial charge in [-0.15, -0.1) is 11.3 Å². The second-order valence-electron chi connectivity index (χ2n) is 5.86. The molecule has 136 valence electrons. The van der Waals surface area contributed by atoms with E-state index >= 15 is 0 Å². The van der Waals surface area contributed by atoms with Crippen molar-refractivity contribution in [3.8, 4) is 17.0 Å². The highest BCUT2D eigenvalue weighted by atomic mass is 32.1. The maximum Gasteiger partial charge on any atom is 0.269 e. The third-order valence-electron chi connectivity index (χ3n) is 4.17. The molecule has 3 N–H and O–H groups in total. The molecule has 7 nitrogen and oxygen atoms in total. The maximum atomic E-state index is 12.6. The van der Waals surface area contributed by atoms with E-state index in [-0.39, 0.29) is 5.91 Å². The van der Waals surface area contributed by atoms with Crippen molar-refractivity contribution in [2.45, 2.75) is 6.54 Å². The summed E-state index contributed by atoms with van der Waals surface area (Å²) in [5.41, 5.74) is 8.84. The molecule has 1 aromatic carbocycles. The molecule has 4 rings (SSSR count). The third-order valence-corrected chi connectivity index (χ3v) is 5.01. The normalized spacial score (nSPS) is 10.9. The average Bonchev–Trinajstić information content (AvgIpc) is 3.28. The molecule has 8 heteroatoms. The Labute approximate surface area is 159 Å². The largest absolute Gasteiger partial charge is 0.497 e. The molecule has 0 aliphatic heterocycles. The SMILES string of the molecule is COc1cccc(-c2cn3c(C(=O)NCc4cccnc4N)csc3n2)c1. The van der Waals surface area contributed by atoms with Crippen molar-refractivity contribution in [2.24, 2.45) is 0 Å². The van der Waals surface area contributed by atoms with Crippen LogP contribution in [-0.4, -0.2) is 27.4 Å². The van der Waals surface area contributed by atoms with Crippen LogP contribution in [0.1, 0.15) is 16.1 Å². The fourth-order valence-electron chi connectivity index (χ4n) is 2.74. The van der Waals surface area contributed by atoms with Gasteiger partial charge in [-0.05, 0) is 18.2 Å². The zero-order chi connectivity index (χ0) is 18.8. The van der Waals surface area contributed by atoms with Gasteiger partial charge in [0.15, 0.2) is 4.96 Å². The Balaban J connectivity index is 1.58. The molecular formula is C19H17N5O2S. The summed E-state index contributed by atoms with van der Waals surface area (Å²) >= 11 is 1.42. The van der Waals surface area contributed by atoms with Crippen LogP contribution in [0, 0.1) is 0 Å². The highest BCUT2D eigenvalue weighted by Crippen LogP contribution is 2.26. The van der Waals surface area contributed by atoms with Crippen LogP contribution in [0.5, 0.6) is 5.75 Å². The minimum atomic E-state index is -0.195. The van der Waals surface area contributed by atoms with Crippen LogP contribution in [0.2, 0.25) is 0 Å². The Morgan fingerprint density at radius 3 is 3.04 bits per heavy atom. The summed E-state index contributed by atoms with van der Waals surface area (Å²) in [5.74, 6) is 0.978. The molecule has 4 aromatic rings. The Morgan fingerprint density at radius 1 is 1.33 bits per heavy atom. The van der Waals surface area contributed by atoms with E-state index in [2.05, 4.69) is 15.3 Å². The number of ether oxygens (including phenoxy) is 1. The smallest absolute Gasteiger partial charge is 0.269 e. The molecule has 0 aliphatic carbocycles. The van der Waals surface area contributed by atoms with E-state index < -0.39 is 0 Å². The number of imidazole rings is 1. The van der Waals surface area contributed by atoms with Gasteiger partial charge in [0.05, 0.1) is 12.8 Å². The van der Waals surface area contributed by atoms with Gasteiger partial charge in [0, 0.05) is 35.4 Å². The Kier molecular flexibility index (Phi) is 4.47. The van der Waals surface area contributed by atoms with E-state index in [1.807, 2.05) is 36.5 Å². The van der Waals surface area contributed by atoms with Crippen molar-refractivity contribution in [1.29, 1.82) is 0 Å². The number of fused-ring (bicyclic) bond motifs is 1. The second-order valence-corrected chi connectivity index (χ2v) is 6.70. The van der Waals surface area contributed by atoms with E-state index in [0.717, 1.165) is 27.5 Å². The fraction of sp³-hybridized carbons (Fsp3) is 0.105. The number of hydrogen-bond donors (Lipinski definition) is 2. The number of carbonyl (C=O) groups excluding carboxylic acids is 1. The number of hydrogen-bond acceptors (Lipinski definition) is 6. The van der Waals surface area contributed by atoms with Crippen molar-refractivity contribution < 1.29 is 9.53 Å². The summed E-state index contributed by atoms with van der Waals surface area (Å²) in [6, 6.07) is 11.3. The molecule has 0 atom stereocenters. The van der Waals surface area contributed by atoms with Gasteiger partial charge in [-0.25, -0.2) is 9.97 Å². The quantitative estimate of drug-likeness (QED) is 0.556. The highest BCUT2D eigenvalue weighted by Gasteiger charge is 2.15. The van der Waals surface area contributed by atoms with Gasteiger partial charge in [0.1, 0.15) is 17.3 Å². The molecule has 0 spiro atoms. The number of amides is 1. The van der Waals surface area contributed by atoms with E-state index in [1.165, 1.54) is 11.3 Å². The van der Waals surface area contributed by atoms with Gasteiger partial charge in [-0.2, -0.15) is 0 Å². The molecule has 27 heavy (non-hydrogen) atoms. The summed E-state index contributed by atoms with van der Waals surface area (Å²) in [5, 5.41) is 4.67. The summed E-state index contributed by atoms with van der Waals surface area (Å²) in [4.78, 5) is 22.0. The third kappa shape index (κ3) is 3.34. The number of nitrogen functional groups attached to an aromatic ring is 1. The van der Waals surface area contributed by atoms with Crippen LogP contribution in [0.25, 0.3) is 16.2 Å². The first-order chi connectivity index (χ1) is 13.2. The number of anilines is 1. The summed E-state index contributed by atoms with van der Waals surface area (Å²) in [7, 11) is 1.63. The van der Waals surface area contributed by atoms with Gasteiger partial charge in [-0.1, -0.05) is 18.2 Å². The first-order valence-electron chi connectivity index (χ1n) is 8.24. The minimum Gasteiger partial charge on any atom is -0.497 e. The predicted molar refractivity (Wildman–Crippen MR) is 105 cm³/mol. The average molecular weight is 379 g/mol. The molecule has 3 heterocycles. The molecular weight excluding hydrogens is 362 g/mol. The van der Waals surface area contributed by atoms with Gasteiger partial charge in [0.25, 0.3) is 5.91 Å². The van der Waals surface area contributed by atoms with Crippen LogP contribution in [0.15, 0.2) is 54.2 Å². The van der Waals surface area contributed by atoms with E-state index in [1.54, 1.807) is 29.2 Å². The molecule has 0 saturated carbocycles. The van der Waals surface area contributed by atoms with Crippen LogP contribution >= 0.6 is 11.3 Å². The summed E-state index contributed by atoms with van der Waals surface area (Å²) in [6.07, 6.45) is 3.47. The molecule has 0 fully saturated rings. The lowest BCUT2D eigenvalue weighted by Gasteiger charge is -2.06. The monoisotopic (exact) mass is 379 g/mol. The Hall–Kier alpha value is -3.39. The number of pyridine rings is 1. The predicted octanol–water partition coefficient (Wildman–Crippen LogP) is 2.98. The highest BCUT2D eigenvalue weighted by molar-refractivity contribution is 7.15. The summed E-state index contributed by atoms with van der Waals surface area (Å²) < 4.78 is 7.06. The number of nitrogens with zero attached hydrogens (tertiary/aromatic N) is 3. The van der Waals surface area contributed by atoms with Gasteiger partial charge >= 0.3 is 0 Å².